The van der Waals surface area contributed by atoms with Gasteiger partial charge >= 0.3 is 0 Å². The van der Waals surface area contributed by atoms with Crippen LogP contribution >= 0.6 is 0 Å². The molecule has 1 atom stereocenters. The molecule has 1 unspecified atom stereocenters. The Labute approximate surface area is 222 Å². The van der Waals surface area contributed by atoms with Crippen LogP contribution in [0.25, 0.3) is 22.3 Å². The van der Waals surface area contributed by atoms with Crippen LogP contribution in [0.15, 0.2) is 53.2 Å². The number of nitrogens with one attached hydrogen (secondary N) is 1. The van der Waals surface area contributed by atoms with Gasteiger partial charge in [-0.2, -0.15) is 4.98 Å². The van der Waals surface area contributed by atoms with Gasteiger partial charge in [-0.05, 0) is 48.2 Å². The molecule has 2 aromatic heterocycles. The lowest BCUT2D eigenvalue weighted by atomic mass is 9.87. The number of aryl methyl sites for hydroxylation is 1. The molecule has 1 saturated heterocycles. The molecule has 2 N–H and O–H groups in total. The van der Waals surface area contributed by atoms with Crippen molar-refractivity contribution in [3.05, 3.63) is 65.7 Å². The number of hydrogen-bond acceptors (Lipinski definition) is 7. The number of carbonyl (C=O) groups is 1. The summed E-state index contributed by atoms with van der Waals surface area (Å²) in [5.41, 5.74) is 4.04. The van der Waals surface area contributed by atoms with Crippen LogP contribution in [0.4, 0.5) is 5.69 Å². The average molecular weight is 518 g/mol. The molecule has 0 spiro atoms. The van der Waals surface area contributed by atoms with Gasteiger partial charge in [0.1, 0.15) is 0 Å². The molecule has 2 aromatic carbocycles. The Balaban J connectivity index is 1.38. The van der Waals surface area contributed by atoms with Gasteiger partial charge in [-0.25, -0.2) is 0 Å². The van der Waals surface area contributed by atoms with Gasteiger partial charge in [0.25, 0.3) is 5.91 Å². The zero-order valence-corrected chi connectivity index (χ0v) is 22.4. The molecule has 3 heterocycles. The van der Waals surface area contributed by atoms with Gasteiger partial charge in [-0.3, -0.25) is 9.69 Å². The molecule has 4 aromatic rings. The fourth-order valence-corrected chi connectivity index (χ4v) is 4.74. The van der Waals surface area contributed by atoms with Crippen LogP contribution in [0.3, 0.4) is 0 Å². The van der Waals surface area contributed by atoms with E-state index in [1.165, 1.54) is 5.56 Å². The second-order valence-corrected chi connectivity index (χ2v) is 10.7. The quantitative estimate of drug-likeness (QED) is 0.371. The molecule has 0 bridgehead atoms. The number of aliphatic hydroxyl groups is 1. The minimum Gasteiger partial charge on any atom is -0.379 e. The minimum atomic E-state index is -1.34. The highest BCUT2D eigenvalue weighted by molar-refractivity contribution is 5.99. The standard InChI is InChI=1S/C29H35N5O4/c1-5-34-17-23(26(35)28(36)30-21-9-7-20(8-10-21)29(2,3)4)22-16-19(6-11-24(22)34)27-31-25(38-32-27)18-33-12-14-37-15-13-33/h6-11,16-17,26,35H,5,12-15,18H2,1-4H3,(H,30,36). The first-order chi connectivity index (χ1) is 18.2. The highest BCUT2D eigenvalue weighted by Crippen LogP contribution is 2.31. The Kier molecular flexibility index (Phi) is 7.34. The van der Waals surface area contributed by atoms with Crippen molar-refractivity contribution < 1.29 is 19.2 Å². The molecule has 1 aliphatic heterocycles. The lowest BCUT2D eigenvalue weighted by Gasteiger charge is -2.24. The molecule has 1 aliphatic rings. The van der Waals surface area contributed by atoms with E-state index in [0.717, 1.165) is 29.6 Å². The van der Waals surface area contributed by atoms with Gasteiger partial charge in [-0.1, -0.05) is 38.1 Å². The van der Waals surface area contributed by atoms with Gasteiger partial charge in [0, 0.05) is 53.5 Å². The molecule has 0 saturated carbocycles. The third-order valence-corrected chi connectivity index (χ3v) is 7.00. The smallest absolute Gasteiger partial charge is 0.257 e. The first-order valence-electron chi connectivity index (χ1n) is 13.1. The second-order valence-electron chi connectivity index (χ2n) is 10.7. The number of ether oxygens (including phenoxy) is 1. The number of hydrogen-bond donors (Lipinski definition) is 2. The number of nitrogens with zero attached hydrogens (tertiary/aromatic N) is 4. The van der Waals surface area contributed by atoms with Crippen LogP contribution in [-0.4, -0.2) is 56.9 Å². The highest BCUT2D eigenvalue weighted by atomic mass is 16.5. The predicted octanol–water partition coefficient (Wildman–Crippen LogP) is 4.51. The lowest BCUT2D eigenvalue weighted by molar-refractivity contribution is -0.124. The van der Waals surface area contributed by atoms with E-state index < -0.39 is 12.0 Å². The Morgan fingerprint density at radius 1 is 1.13 bits per heavy atom. The van der Waals surface area contributed by atoms with E-state index in [4.69, 9.17) is 9.26 Å². The number of benzene rings is 2. The van der Waals surface area contributed by atoms with Gasteiger partial charge in [0.05, 0.1) is 19.8 Å². The summed E-state index contributed by atoms with van der Waals surface area (Å²) >= 11 is 0. The minimum absolute atomic E-state index is 0.0176. The van der Waals surface area contributed by atoms with Crippen LogP contribution in [0.5, 0.6) is 0 Å². The lowest BCUT2D eigenvalue weighted by Crippen LogP contribution is -2.35. The van der Waals surface area contributed by atoms with Gasteiger partial charge in [-0.15, -0.1) is 0 Å². The maximum Gasteiger partial charge on any atom is 0.257 e. The van der Waals surface area contributed by atoms with E-state index in [-0.39, 0.29) is 5.41 Å². The topological polar surface area (TPSA) is 106 Å². The van der Waals surface area contributed by atoms with Crippen molar-refractivity contribution in [3.63, 3.8) is 0 Å². The van der Waals surface area contributed by atoms with Crippen LogP contribution in [-0.2, 0) is 28.0 Å². The second kappa shape index (κ2) is 10.7. The monoisotopic (exact) mass is 517 g/mol. The molecular weight excluding hydrogens is 482 g/mol. The fourth-order valence-electron chi connectivity index (χ4n) is 4.74. The van der Waals surface area contributed by atoms with E-state index in [0.29, 0.717) is 49.3 Å². The average Bonchev–Trinajstić information content (AvgIpc) is 3.53. The van der Waals surface area contributed by atoms with E-state index in [2.05, 4.69) is 41.1 Å². The molecule has 0 aliphatic carbocycles. The number of morpholine rings is 1. The third-order valence-electron chi connectivity index (χ3n) is 7.00. The van der Waals surface area contributed by atoms with Crippen molar-refractivity contribution in [3.8, 4) is 11.4 Å². The Morgan fingerprint density at radius 2 is 1.87 bits per heavy atom. The number of amides is 1. The number of carbonyl (C=O) groups excluding carboxylic acids is 1. The zero-order chi connectivity index (χ0) is 26.9. The predicted molar refractivity (Wildman–Crippen MR) is 146 cm³/mol. The number of aliphatic hydroxyl groups excluding tert-OH is 1. The van der Waals surface area contributed by atoms with Crippen molar-refractivity contribution in [2.24, 2.45) is 0 Å². The van der Waals surface area contributed by atoms with Crippen molar-refractivity contribution >= 4 is 22.5 Å². The number of rotatable bonds is 7. The van der Waals surface area contributed by atoms with Gasteiger partial charge in [0.15, 0.2) is 6.10 Å². The molecule has 5 rings (SSSR count). The summed E-state index contributed by atoms with van der Waals surface area (Å²) in [7, 11) is 0. The van der Waals surface area contributed by atoms with Gasteiger partial charge < -0.3 is 24.3 Å². The van der Waals surface area contributed by atoms with Crippen LogP contribution in [0.1, 0.15) is 50.8 Å². The summed E-state index contributed by atoms with van der Waals surface area (Å²) in [6.07, 6.45) is 0.492. The summed E-state index contributed by atoms with van der Waals surface area (Å²) in [5, 5.41) is 18.9. The summed E-state index contributed by atoms with van der Waals surface area (Å²) < 4.78 is 12.9. The van der Waals surface area contributed by atoms with E-state index >= 15 is 0 Å². The van der Waals surface area contributed by atoms with Crippen LogP contribution in [0.2, 0.25) is 0 Å². The van der Waals surface area contributed by atoms with Gasteiger partial charge in [0.2, 0.25) is 11.7 Å². The first kappa shape index (κ1) is 26.1. The highest BCUT2D eigenvalue weighted by Gasteiger charge is 2.24. The molecule has 38 heavy (non-hydrogen) atoms. The van der Waals surface area contributed by atoms with E-state index in [9.17, 15) is 9.90 Å². The Bertz CT molecular complexity index is 1410. The molecule has 200 valence electrons. The van der Waals surface area contributed by atoms with Crippen LogP contribution < -0.4 is 5.32 Å². The SMILES string of the molecule is CCn1cc(C(O)C(=O)Nc2ccc(C(C)(C)C)cc2)c2cc(-c3noc(CN4CCOCC4)n3)ccc21. The largest absolute Gasteiger partial charge is 0.379 e. The summed E-state index contributed by atoms with van der Waals surface area (Å²) in [4.78, 5) is 19.9. The molecule has 0 radical (unpaired) electrons. The Hall–Kier alpha value is -3.53. The molecule has 9 nitrogen and oxygen atoms in total. The van der Waals surface area contributed by atoms with Crippen molar-refractivity contribution in [1.82, 2.24) is 19.6 Å². The Morgan fingerprint density at radius 3 is 2.55 bits per heavy atom. The number of aromatic nitrogens is 3. The summed E-state index contributed by atoms with van der Waals surface area (Å²) in [6, 6.07) is 13.5. The maximum absolute atomic E-state index is 13.1. The number of fused-ring (bicyclic) bond motifs is 1. The summed E-state index contributed by atoms with van der Waals surface area (Å²) in [6.45, 7) is 12.8. The third kappa shape index (κ3) is 5.50. The van der Waals surface area contributed by atoms with Crippen molar-refractivity contribution in [2.75, 3.05) is 31.6 Å². The van der Waals surface area contributed by atoms with Crippen molar-refractivity contribution in [2.45, 2.75) is 52.3 Å². The van der Waals surface area contributed by atoms with Crippen LogP contribution in [0, 0.1) is 0 Å². The molecular formula is C29H35N5O4. The van der Waals surface area contributed by atoms with E-state index in [1.54, 1.807) is 0 Å². The molecule has 1 amide bonds. The summed E-state index contributed by atoms with van der Waals surface area (Å²) in [5.74, 6) is 0.537. The zero-order valence-electron chi connectivity index (χ0n) is 22.4. The van der Waals surface area contributed by atoms with Crippen molar-refractivity contribution in [1.29, 1.82) is 0 Å². The molecule has 1 fully saturated rings. The van der Waals surface area contributed by atoms with E-state index in [1.807, 2.05) is 60.2 Å². The number of anilines is 1. The first-order valence-corrected chi connectivity index (χ1v) is 13.1. The maximum atomic E-state index is 13.1. The fraction of sp³-hybridized carbons (Fsp3) is 0.414. The normalized spacial score (nSPS) is 15.6. The molecule has 9 heteroatoms.